The fraction of sp³-hybridized carbons (Fsp3) is 0.647. The second-order valence-corrected chi connectivity index (χ2v) is 6.79. The molecule has 0 aromatic heterocycles. The maximum Gasteiger partial charge on any atom is 0.0441 e. The van der Waals surface area contributed by atoms with Crippen molar-refractivity contribution in [2.75, 3.05) is 11.9 Å². The Hall–Kier alpha value is -1.02. The molecule has 1 aliphatic rings. The molecule has 0 unspecified atom stereocenters. The van der Waals surface area contributed by atoms with E-state index in [1.54, 1.807) is 0 Å². The molecule has 0 bridgehead atoms. The van der Waals surface area contributed by atoms with E-state index in [9.17, 15) is 0 Å². The van der Waals surface area contributed by atoms with E-state index in [2.05, 4.69) is 50.9 Å². The highest BCUT2D eigenvalue weighted by Gasteiger charge is 2.29. The quantitative estimate of drug-likeness (QED) is 0.894. The first-order valence-electron chi connectivity index (χ1n) is 7.46. The Morgan fingerprint density at radius 1 is 1.26 bits per heavy atom. The van der Waals surface area contributed by atoms with Crippen molar-refractivity contribution in [2.45, 2.75) is 59.0 Å². The molecule has 2 heteroatoms. The van der Waals surface area contributed by atoms with Gasteiger partial charge in [0.05, 0.1) is 0 Å². The molecule has 1 saturated carbocycles. The van der Waals surface area contributed by atoms with Crippen molar-refractivity contribution in [3.63, 3.8) is 0 Å². The van der Waals surface area contributed by atoms with Crippen LogP contribution in [0, 0.1) is 12.3 Å². The molecule has 0 spiro atoms. The third kappa shape index (κ3) is 3.11. The second kappa shape index (κ2) is 5.54. The molecule has 0 atom stereocenters. The Labute approximate surface area is 118 Å². The summed E-state index contributed by atoms with van der Waals surface area (Å²) in [6.07, 6.45) is 5.24. The van der Waals surface area contributed by atoms with Crippen molar-refractivity contribution in [1.82, 2.24) is 0 Å². The van der Waals surface area contributed by atoms with Gasteiger partial charge in [0.25, 0.3) is 0 Å². The number of hydrogen-bond acceptors (Lipinski definition) is 2. The summed E-state index contributed by atoms with van der Waals surface area (Å²) in [4.78, 5) is 2.48. The highest BCUT2D eigenvalue weighted by atomic mass is 15.1. The van der Waals surface area contributed by atoms with Gasteiger partial charge in [0.2, 0.25) is 0 Å². The van der Waals surface area contributed by atoms with Crippen LogP contribution in [0.2, 0.25) is 0 Å². The van der Waals surface area contributed by atoms with Crippen molar-refractivity contribution >= 4 is 5.69 Å². The lowest BCUT2D eigenvalue weighted by molar-refractivity contribution is 0.222. The van der Waals surface area contributed by atoms with Crippen molar-refractivity contribution < 1.29 is 0 Å². The van der Waals surface area contributed by atoms with Crippen LogP contribution >= 0.6 is 0 Å². The van der Waals surface area contributed by atoms with Crippen molar-refractivity contribution in [3.8, 4) is 0 Å². The summed E-state index contributed by atoms with van der Waals surface area (Å²) in [5.41, 5.74) is 10.4. The molecule has 106 valence electrons. The predicted octanol–water partition coefficient (Wildman–Crippen LogP) is 3.86. The van der Waals surface area contributed by atoms with E-state index in [1.807, 2.05) is 0 Å². The van der Waals surface area contributed by atoms with Gasteiger partial charge in [0.15, 0.2) is 0 Å². The van der Waals surface area contributed by atoms with Crippen LogP contribution < -0.4 is 10.6 Å². The predicted molar refractivity (Wildman–Crippen MR) is 83.5 cm³/mol. The van der Waals surface area contributed by atoms with Gasteiger partial charge in [-0.1, -0.05) is 32.0 Å². The molecule has 2 N–H and O–H groups in total. The van der Waals surface area contributed by atoms with Crippen molar-refractivity contribution in [1.29, 1.82) is 0 Å². The zero-order valence-electron chi connectivity index (χ0n) is 12.9. The van der Waals surface area contributed by atoms with Gasteiger partial charge in [0, 0.05) is 25.3 Å². The van der Waals surface area contributed by atoms with Gasteiger partial charge in [-0.25, -0.2) is 0 Å². The minimum Gasteiger partial charge on any atom is -0.371 e. The Morgan fingerprint density at radius 3 is 2.47 bits per heavy atom. The maximum absolute atomic E-state index is 5.90. The summed E-state index contributed by atoms with van der Waals surface area (Å²) >= 11 is 0. The molecular weight excluding hydrogens is 232 g/mol. The standard InChI is InChI=1S/C17H28N2/c1-13-6-5-7-14(12-18)16(13)19(4)15-8-10-17(2,3)11-9-15/h5-7,15H,8-12,18H2,1-4H3. The molecule has 2 nitrogen and oxygen atoms in total. The van der Waals surface area contributed by atoms with E-state index in [4.69, 9.17) is 5.73 Å². The normalized spacial score (nSPS) is 19.4. The molecule has 1 fully saturated rings. The third-order valence-electron chi connectivity index (χ3n) is 4.75. The van der Waals surface area contributed by atoms with Crippen LogP contribution in [0.15, 0.2) is 18.2 Å². The van der Waals surface area contributed by atoms with E-state index in [-0.39, 0.29) is 0 Å². The zero-order valence-corrected chi connectivity index (χ0v) is 12.9. The number of nitrogens with zero attached hydrogens (tertiary/aromatic N) is 1. The Balaban J connectivity index is 2.18. The van der Waals surface area contributed by atoms with Gasteiger partial charge in [-0.2, -0.15) is 0 Å². The van der Waals surface area contributed by atoms with E-state index in [0.717, 1.165) is 0 Å². The van der Waals surface area contributed by atoms with Gasteiger partial charge >= 0.3 is 0 Å². The maximum atomic E-state index is 5.90. The van der Waals surface area contributed by atoms with Crippen LogP contribution in [-0.4, -0.2) is 13.1 Å². The molecule has 0 heterocycles. The van der Waals surface area contributed by atoms with Gasteiger partial charge in [-0.15, -0.1) is 0 Å². The average molecular weight is 260 g/mol. The van der Waals surface area contributed by atoms with Gasteiger partial charge in [-0.05, 0) is 49.1 Å². The minimum atomic E-state index is 0.528. The Bertz CT molecular complexity index is 427. The molecule has 1 aromatic carbocycles. The number of anilines is 1. The highest BCUT2D eigenvalue weighted by molar-refractivity contribution is 5.59. The van der Waals surface area contributed by atoms with E-state index < -0.39 is 0 Å². The molecule has 1 aliphatic carbocycles. The smallest absolute Gasteiger partial charge is 0.0441 e. The summed E-state index contributed by atoms with van der Waals surface area (Å²) in [6.45, 7) is 7.60. The second-order valence-electron chi connectivity index (χ2n) is 6.79. The number of rotatable bonds is 3. The Kier molecular flexibility index (Phi) is 4.19. The first kappa shape index (κ1) is 14.4. The lowest BCUT2D eigenvalue weighted by atomic mass is 9.75. The fourth-order valence-corrected chi connectivity index (χ4v) is 3.34. The highest BCUT2D eigenvalue weighted by Crippen LogP contribution is 2.38. The first-order chi connectivity index (χ1) is 8.94. The number of benzene rings is 1. The van der Waals surface area contributed by atoms with Crippen LogP contribution in [0.1, 0.15) is 50.7 Å². The van der Waals surface area contributed by atoms with Crippen LogP contribution in [0.3, 0.4) is 0 Å². The lowest BCUT2D eigenvalue weighted by Crippen LogP contribution is -2.38. The summed E-state index contributed by atoms with van der Waals surface area (Å²) < 4.78 is 0. The monoisotopic (exact) mass is 260 g/mol. The molecule has 0 saturated heterocycles. The number of para-hydroxylation sites is 1. The fourth-order valence-electron chi connectivity index (χ4n) is 3.34. The van der Waals surface area contributed by atoms with Crippen LogP contribution in [0.4, 0.5) is 5.69 Å². The Morgan fingerprint density at radius 2 is 1.89 bits per heavy atom. The first-order valence-corrected chi connectivity index (χ1v) is 7.46. The topological polar surface area (TPSA) is 29.3 Å². The number of aryl methyl sites for hydroxylation is 1. The summed E-state index contributed by atoms with van der Waals surface area (Å²) in [6, 6.07) is 7.13. The van der Waals surface area contributed by atoms with Gasteiger partial charge < -0.3 is 10.6 Å². The molecule has 2 rings (SSSR count). The molecule has 0 radical (unpaired) electrons. The van der Waals surface area contributed by atoms with E-state index in [0.29, 0.717) is 18.0 Å². The molecule has 0 amide bonds. The van der Waals surface area contributed by atoms with Crippen LogP contribution in [0.25, 0.3) is 0 Å². The van der Waals surface area contributed by atoms with E-state index >= 15 is 0 Å². The molecule has 1 aromatic rings. The number of hydrogen-bond donors (Lipinski definition) is 1. The van der Waals surface area contributed by atoms with Gasteiger partial charge in [-0.3, -0.25) is 0 Å². The molecule has 19 heavy (non-hydrogen) atoms. The van der Waals surface area contributed by atoms with E-state index in [1.165, 1.54) is 42.5 Å². The molecular formula is C17H28N2. The minimum absolute atomic E-state index is 0.528. The largest absolute Gasteiger partial charge is 0.371 e. The molecule has 0 aliphatic heterocycles. The van der Waals surface area contributed by atoms with Crippen molar-refractivity contribution in [3.05, 3.63) is 29.3 Å². The van der Waals surface area contributed by atoms with Gasteiger partial charge in [0.1, 0.15) is 0 Å². The summed E-state index contributed by atoms with van der Waals surface area (Å²) in [5, 5.41) is 0. The SMILES string of the molecule is Cc1cccc(CN)c1N(C)C1CCC(C)(C)CC1. The lowest BCUT2D eigenvalue weighted by Gasteiger charge is -2.40. The summed E-state index contributed by atoms with van der Waals surface area (Å²) in [7, 11) is 2.24. The zero-order chi connectivity index (χ0) is 14.0. The van der Waals surface area contributed by atoms with Crippen molar-refractivity contribution in [2.24, 2.45) is 11.1 Å². The van der Waals surface area contributed by atoms with Crippen LogP contribution in [0.5, 0.6) is 0 Å². The summed E-state index contributed by atoms with van der Waals surface area (Å²) in [5.74, 6) is 0. The average Bonchev–Trinajstić information content (AvgIpc) is 2.37. The number of nitrogens with two attached hydrogens (primary N) is 1. The third-order valence-corrected chi connectivity index (χ3v) is 4.75. The van der Waals surface area contributed by atoms with Crippen LogP contribution in [-0.2, 0) is 6.54 Å².